The van der Waals surface area contributed by atoms with Gasteiger partial charge in [0.15, 0.2) is 5.78 Å². The van der Waals surface area contributed by atoms with Crippen LogP contribution in [0.3, 0.4) is 0 Å². The van der Waals surface area contributed by atoms with Gasteiger partial charge in [0.2, 0.25) is 0 Å². The van der Waals surface area contributed by atoms with Crippen LogP contribution in [-0.2, 0) is 4.74 Å². The molecule has 0 atom stereocenters. The average Bonchev–Trinajstić information content (AvgIpc) is 2.33. The number of carbonyl (C=O) groups excluding carboxylic acids is 1. The third kappa shape index (κ3) is 2.64. The molecule has 1 aromatic carbocycles. The van der Waals surface area contributed by atoms with Crippen molar-refractivity contribution >= 4 is 5.78 Å². The molecule has 0 unspecified atom stereocenters. The van der Waals surface area contributed by atoms with Gasteiger partial charge in [-0.05, 0) is 30.7 Å². The van der Waals surface area contributed by atoms with Gasteiger partial charge in [0.25, 0.3) is 0 Å². The zero-order chi connectivity index (χ0) is 13.2. The van der Waals surface area contributed by atoms with E-state index in [1.54, 1.807) is 7.11 Å². The molecule has 98 valence electrons. The number of Topliss-reactive ketones (excluding diaryl/α,β-unsaturated/α-hetero) is 1. The summed E-state index contributed by atoms with van der Waals surface area (Å²) in [5.74, 6) is 0.706. The summed E-state index contributed by atoms with van der Waals surface area (Å²) in [6.07, 6.45) is 3.72. The molecule has 1 fully saturated rings. The molecule has 18 heavy (non-hydrogen) atoms. The van der Waals surface area contributed by atoms with Crippen LogP contribution in [0.25, 0.3) is 0 Å². The van der Waals surface area contributed by atoms with E-state index < -0.39 is 0 Å². The quantitative estimate of drug-likeness (QED) is 0.735. The van der Waals surface area contributed by atoms with E-state index in [0.717, 1.165) is 18.4 Å². The van der Waals surface area contributed by atoms with Crippen molar-refractivity contribution in [2.75, 3.05) is 7.11 Å². The summed E-state index contributed by atoms with van der Waals surface area (Å²) in [5, 5.41) is 0. The summed E-state index contributed by atoms with van der Waals surface area (Å²) in [6.45, 7) is 4.32. The summed E-state index contributed by atoms with van der Waals surface area (Å²) in [6, 6.07) is 8.00. The highest BCUT2D eigenvalue weighted by molar-refractivity contribution is 5.96. The van der Waals surface area contributed by atoms with Crippen molar-refractivity contribution in [1.82, 2.24) is 0 Å². The van der Waals surface area contributed by atoms with Crippen LogP contribution >= 0.6 is 0 Å². The normalized spacial score (nSPS) is 17.6. The van der Waals surface area contributed by atoms with Gasteiger partial charge in [0, 0.05) is 19.1 Å². The van der Waals surface area contributed by atoms with Crippen LogP contribution in [0.15, 0.2) is 24.3 Å². The smallest absolute Gasteiger partial charge is 0.165 e. The van der Waals surface area contributed by atoms with Gasteiger partial charge in [-0.25, -0.2) is 0 Å². The van der Waals surface area contributed by atoms with Crippen LogP contribution in [0.5, 0.6) is 0 Å². The molecule has 2 rings (SSSR count). The largest absolute Gasteiger partial charge is 0.378 e. The Morgan fingerprint density at radius 3 is 2.28 bits per heavy atom. The first-order chi connectivity index (χ1) is 8.56. The summed E-state index contributed by atoms with van der Waals surface area (Å²) in [5.41, 5.74) is 1.91. The van der Waals surface area contributed by atoms with E-state index in [1.165, 1.54) is 12.0 Å². The third-order valence-electron chi connectivity index (χ3n) is 4.08. The Balaban J connectivity index is 2.05. The lowest BCUT2D eigenvalue weighted by Crippen LogP contribution is -2.41. The molecule has 1 aliphatic rings. The second kappa shape index (κ2) is 5.23. The molecular formula is C16H22O2. The maximum Gasteiger partial charge on any atom is 0.165 e. The number of carbonyl (C=O) groups is 1. The monoisotopic (exact) mass is 246 g/mol. The van der Waals surface area contributed by atoms with Crippen LogP contribution in [-0.4, -0.2) is 18.5 Å². The lowest BCUT2D eigenvalue weighted by Gasteiger charge is -2.40. The Kier molecular flexibility index (Phi) is 3.86. The zero-order valence-electron chi connectivity index (χ0n) is 11.5. The molecule has 0 radical (unpaired) electrons. The number of rotatable bonds is 5. The minimum absolute atomic E-state index is 0.173. The predicted molar refractivity (Wildman–Crippen MR) is 73.1 cm³/mol. The third-order valence-corrected chi connectivity index (χ3v) is 4.08. The Labute approximate surface area is 109 Å². The first kappa shape index (κ1) is 13.3. The van der Waals surface area contributed by atoms with Gasteiger partial charge < -0.3 is 4.74 Å². The minimum Gasteiger partial charge on any atom is -0.378 e. The van der Waals surface area contributed by atoms with Gasteiger partial charge in [0.05, 0.1) is 5.60 Å². The number of benzene rings is 1. The Morgan fingerprint density at radius 1 is 1.28 bits per heavy atom. The van der Waals surface area contributed by atoms with Gasteiger partial charge in [-0.1, -0.05) is 38.1 Å². The molecule has 1 aliphatic carbocycles. The maximum atomic E-state index is 12.2. The summed E-state index contributed by atoms with van der Waals surface area (Å²) in [4.78, 5) is 12.2. The van der Waals surface area contributed by atoms with Crippen LogP contribution in [0.1, 0.15) is 61.4 Å². The number of hydrogen-bond donors (Lipinski definition) is 0. The summed E-state index contributed by atoms with van der Waals surface area (Å²) in [7, 11) is 1.72. The molecule has 0 aromatic heterocycles. The van der Waals surface area contributed by atoms with Crippen molar-refractivity contribution in [2.24, 2.45) is 0 Å². The lowest BCUT2D eigenvalue weighted by molar-refractivity contribution is -0.0704. The highest BCUT2D eigenvalue weighted by atomic mass is 16.5. The Hall–Kier alpha value is -1.15. The van der Waals surface area contributed by atoms with Crippen molar-refractivity contribution in [3.05, 3.63) is 35.4 Å². The van der Waals surface area contributed by atoms with Gasteiger partial charge in [0.1, 0.15) is 0 Å². The number of methoxy groups -OCH3 is 1. The fourth-order valence-corrected chi connectivity index (χ4v) is 2.47. The first-order valence-electron chi connectivity index (χ1n) is 6.75. The maximum absolute atomic E-state index is 12.2. The molecular weight excluding hydrogens is 224 g/mol. The van der Waals surface area contributed by atoms with Crippen molar-refractivity contribution in [3.8, 4) is 0 Å². The second-order valence-electron chi connectivity index (χ2n) is 5.62. The van der Waals surface area contributed by atoms with Gasteiger partial charge >= 0.3 is 0 Å². The fraction of sp³-hybridized carbons (Fsp3) is 0.562. The van der Waals surface area contributed by atoms with Gasteiger partial charge in [-0.3, -0.25) is 4.79 Å². The van der Waals surface area contributed by atoms with Crippen molar-refractivity contribution in [3.63, 3.8) is 0 Å². The van der Waals surface area contributed by atoms with E-state index in [0.29, 0.717) is 12.3 Å². The molecule has 0 spiro atoms. The van der Waals surface area contributed by atoms with E-state index in [4.69, 9.17) is 4.74 Å². The van der Waals surface area contributed by atoms with Gasteiger partial charge in [-0.2, -0.15) is 0 Å². The molecule has 0 bridgehead atoms. The van der Waals surface area contributed by atoms with Gasteiger partial charge in [-0.15, -0.1) is 0 Å². The first-order valence-corrected chi connectivity index (χ1v) is 6.75. The van der Waals surface area contributed by atoms with E-state index in [2.05, 4.69) is 26.0 Å². The van der Waals surface area contributed by atoms with Crippen molar-refractivity contribution in [2.45, 2.75) is 51.0 Å². The average molecular weight is 246 g/mol. The van der Waals surface area contributed by atoms with Crippen molar-refractivity contribution in [1.29, 1.82) is 0 Å². The van der Waals surface area contributed by atoms with E-state index >= 15 is 0 Å². The van der Waals surface area contributed by atoms with Crippen LogP contribution < -0.4 is 0 Å². The molecule has 1 aromatic rings. The molecule has 0 N–H and O–H groups in total. The summed E-state index contributed by atoms with van der Waals surface area (Å²) < 4.78 is 5.51. The van der Waals surface area contributed by atoms with Crippen LogP contribution in [0.4, 0.5) is 0 Å². The second-order valence-corrected chi connectivity index (χ2v) is 5.62. The number of ether oxygens (including phenoxy) is 1. The standard InChI is InChI=1S/C16H22O2/c1-12(2)13-5-7-14(8-6-13)15(17)11-16(18-3)9-4-10-16/h5-8,12H,4,9-11H2,1-3H3. The zero-order valence-corrected chi connectivity index (χ0v) is 11.5. The molecule has 2 nitrogen and oxygen atoms in total. The molecule has 0 heterocycles. The highest BCUT2D eigenvalue weighted by Crippen LogP contribution is 2.38. The van der Waals surface area contributed by atoms with Crippen LogP contribution in [0.2, 0.25) is 0 Å². The van der Waals surface area contributed by atoms with E-state index in [9.17, 15) is 4.79 Å². The fourth-order valence-electron chi connectivity index (χ4n) is 2.47. The van der Waals surface area contributed by atoms with Crippen LogP contribution in [0, 0.1) is 0 Å². The SMILES string of the molecule is COC1(CC(=O)c2ccc(C(C)C)cc2)CCC1. The van der Waals surface area contributed by atoms with E-state index in [1.807, 2.05) is 12.1 Å². The van der Waals surface area contributed by atoms with E-state index in [-0.39, 0.29) is 11.4 Å². The van der Waals surface area contributed by atoms with Crippen molar-refractivity contribution < 1.29 is 9.53 Å². The number of ketones is 1. The molecule has 0 aliphatic heterocycles. The highest BCUT2D eigenvalue weighted by Gasteiger charge is 2.39. The topological polar surface area (TPSA) is 26.3 Å². The predicted octanol–water partition coefficient (Wildman–Crippen LogP) is 3.95. The minimum atomic E-state index is -0.173. The molecule has 0 saturated heterocycles. The molecule has 1 saturated carbocycles. The summed E-state index contributed by atoms with van der Waals surface area (Å²) >= 11 is 0. The lowest BCUT2D eigenvalue weighted by atomic mass is 9.76. The molecule has 0 amide bonds. The Morgan fingerprint density at radius 2 is 1.89 bits per heavy atom. The number of hydrogen-bond acceptors (Lipinski definition) is 2. The Bertz CT molecular complexity index is 408. The molecule has 2 heteroatoms.